The van der Waals surface area contributed by atoms with E-state index in [4.69, 9.17) is 4.74 Å². The molecule has 1 amide bonds. The Morgan fingerprint density at radius 3 is 1.89 bits per heavy atom. The van der Waals surface area contributed by atoms with Crippen LogP contribution < -0.4 is 5.32 Å². The van der Waals surface area contributed by atoms with Gasteiger partial charge in [0.05, 0.1) is 0 Å². The van der Waals surface area contributed by atoms with Crippen LogP contribution in [0.3, 0.4) is 0 Å². The van der Waals surface area contributed by atoms with E-state index in [-0.39, 0.29) is 11.9 Å². The molecule has 0 radical (unpaired) electrons. The Hall–Kier alpha value is -1.92. The minimum atomic E-state index is -0.663. The quantitative estimate of drug-likeness (QED) is 0.469. The van der Waals surface area contributed by atoms with Crippen molar-refractivity contribution in [3.8, 4) is 0 Å². The number of amides is 1. The Bertz CT molecular complexity index is 689. The number of morpholine rings is 1. The Labute approximate surface area is 174 Å². The van der Waals surface area contributed by atoms with E-state index in [2.05, 4.69) is 29.6 Å². The van der Waals surface area contributed by atoms with Gasteiger partial charge >= 0.3 is 5.97 Å². The highest BCUT2D eigenvalue weighted by Gasteiger charge is 2.35. The van der Waals surface area contributed by atoms with Gasteiger partial charge in [0, 0.05) is 17.9 Å². The van der Waals surface area contributed by atoms with Gasteiger partial charge in [0.1, 0.15) is 6.04 Å². The minimum absolute atomic E-state index is 0.169. The highest BCUT2D eigenvalue weighted by molar-refractivity contribution is 7.98. The van der Waals surface area contributed by atoms with Crippen molar-refractivity contribution in [2.24, 2.45) is 0 Å². The van der Waals surface area contributed by atoms with Crippen molar-refractivity contribution in [3.05, 3.63) is 71.8 Å². The number of cyclic esters (lactones) is 1. The lowest BCUT2D eigenvalue weighted by Crippen LogP contribution is -2.54. The molecule has 1 N–H and O–H groups in total. The standard InChI is InChI=1S/C22H25NO3S2/c24-21-20(12-14-28-16-18-9-5-2-6-10-18)26-22(25)19(23-21)11-13-27-15-17-7-3-1-4-8-17/h1-10,19-20H,11-16H2,(H,23,24). The number of hydrogen-bond acceptors (Lipinski definition) is 5. The fraction of sp³-hybridized carbons (Fsp3) is 0.364. The van der Waals surface area contributed by atoms with Gasteiger partial charge < -0.3 is 10.1 Å². The number of rotatable bonds is 10. The predicted octanol–water partition coefficient (Wildman–Crippen LogP) is 4.04. The van der Waals surface area contributed by atoms with E-state index in [1.165, 1.54) is 11.1 Å². The van der Waals surface area contributed by atoms with Crippen molar-refractivity contribution in [2.75, 3.05) is 11.5 Å². The van der Waals surface area contributed by atoms with E-state index >= 15 is 0 Å². The molecule has 4 nitrogen and oxygen atoms in total. The molecule has 1 aliphatic heterocycles. The average Bonchev–Trinajstić information content (AvgIpc) is 2.73. The number of hydrogen-bond donors (Lipinski definition) is 1. The molecule has 2 unspecified atom stereocenters. The van der Waals surface area contributed by atoms with Gasteiger partial charge in [0.25, 0.3) is 5.91 Å². The maximum atomic E-state index is 12.3. The SMILES string of the molecule is O=C1OC(CCSCc2ccccc2)C(=O)NC1CCSCc1ccccc1. The summed E-state index contributed by atoms with van der Waals surface area (Å²) in [6, 6.07) is 19.9. The van der Waals surface area contributed by atoms with E-state index in [0.29, 0.717) is 12.8 Å². The Balaban J connectivity index is 1.33. The molecule has 1 fully saturated rings. The monoisotopic (exact) mass is 415 g/mol. The van der Waals surface area contributed by atoms with E-state index in [0.717, 1.165) is 23.0 Å². The molecule has 148 valence electrons. The van der Waals surface area contributed by atoms with Gasteiger partial charge in [-0.25, -0.2) is 4.79 Å². The Kier molecular flexibility index (Phi) is 8.30. The van der Waals surface area contributed by atoms with Crippen molar-refractivity contribution in [1.29, 1.82) is 0 Å². The molecular weight excluding hydrogens is 390 g/mol. The summed E-state index contributed by atoms with van der Waals surface area (Å²) in [6.45, 7) is 0. The second-order valence-corrected chi connectivity index (χ2v) is 8.85. The molecule has 2 aromatic rings. The Morgan fingerprint density at radius 2 is 1.32 bits per heavy atom. The summed E-state index contributed by atoms with van der Waals surface area (Å²) in [7, 11) is 0. The fourth-order valence-corrected chi connectivity index (χ4v) is 4.83. The van der Waals surface area contributed by atoms with Crippen molar-refractivity contribution in [1.82, 2.24) is 5.32 Å². The normalized spacial score (nSPS) is 19.1. The first-order valence-electron chi connectivity index (χ1n) is 9.46. The first kappa shape index (κ1) is 20.8. The number of thioether (sulfide) groups is 2. The molecule has 3 rings (SSSR count). The molecular formula is C22H25NO3S2. The maximum absolute atomic E-state index is 12.3. The third-order valence-corrected chi connectivity index (χ3v) is 6.57. The molecule has 0 aliphatic carbocycles. The topological polar surface area (TPSA) is 55.4 Å². The van der Waals surface area contributed by atoms with Crippen molar-refractivity contribution in [3.63, 3.8) is 0 Å². The zero-order valence-electron chi connectivity index (χ0n) is 15.7. The zero-order chi connectivity index (χ0) is 19.6. The van der Waals surface area contributed by atoms with Gasteiger partial charge in [-0.2, -0.15) is 23.5 Å². The molecule has 0 bridgehead atoms. The van der Waals surface area contributed by atoms with Crippen LogP contribution in [0.1, 0.15) is 24.0 Å². The number of carbonyl (C=O) groups is 2. The molecule has 1 saturated heterocycles. The largest absolute Gasteiger partial charge is 0.451 e. The summed E-state index contributed by atoms with van der Waals surface area (Å²) < 4.78 is 5.41. The smallest absolute Gasteiger partial charge is 0.329 e. The predicted molar refractivity (Wildman–Crippen MR) is 116 cm³/mol. The first-order valence-corrected chi connectivity index (χ1v) is 11.8. The van der Waals surface area contributed by atoms with E-state index in [1.54, 1.807) is 23.5 Å². The van der Waals surface area contributed by atoms with Crippen LogP contribution in [-0.4, -0.2) is 35.5 Å². The van der Waals surface area contributed by atoms with Crippen molar-refractivity contribution in [2.45, 2.75) is 36.5 Å². The van der Waals surface area contributed by atoms with Crippen molar-refractivity contribution < 1.29 is 14.3 Å². The van der Waals surface area contributed by atoms with E-state index in [9.17, 15) is 9.59 Å². The molecule has 6 heteroatoms. The summed E-state index contributed by atoms with van der Waals surface area (Å²) in [6.07, 6.45) is 0.478. The van der Waals surface area contributed by atoms with Crippen molar-refractivity contribution >= 4 is 35.4 Å². The van der Waals surface area contributed by atoms with Gasteiger partial charge in [0.2, 0.25) is 0 Å². The van der Waals surface area contributed by atoms with Gasteiger partial charge in [-0.15, -0.1) is 0 Å². The van der Waals surface area contributed by atoms with Crippen LogP contribution in [0.4, 0.5) is 0 Å². The molecule has 0 aromatic heterocycles. The summed E-state index contributed by atoms with van der Waals surface area (Å²) in [5.74, 6) is 2.89. The second-order valence-electron chi connectivity index (χ2n) is 6.64. The third kappa shape index (κ3) is 6.60. The second kappa shape index (κ2) is 11.2. The first-order chi connectivity index (χ1) is 13.7. The molecule has 1 heterocycles. The van der Waals surface area contributed by atoms with Crippen LogP contribution >= 0.6 is 23.5 Å². The molecule has 28 heavy (non-hydrogen) atoms. The number of esters is 1. The highest BCUT2D eigenvalue weighted by Crippen LogP contribution is 2.19. The molecule has 1 aliphatic rings. The van der Waals surface area contributed by atoms with Gasteiger partial charge in [-0.3, -0.25) is 4.79 Å². The van der Waals surface area contributed by atoms with Crippen LogP contribution in [0.2, 0.25) is 0 Å². The maximum Gasteiger partial charge on any atom is 0.329 e. The average molecular weight is 416 g/mol. The fourth-order valence-electron chi connectivity index (χ4n) is 2.90. The summed E-state index contributed by atoms with van der Waals surface area (Å²) in [5, 5.41) is 2.84. The number of benzene rings is 2. The van der Waals surface area contributed by atoms with Crippen LogP contribution in [0.15, 0.2) is 60.7 Å². The lowest BCUT2D eigenvalue weighted by Gasteiger charge is -2.28. The zero-order valence-corrected chi connectivity index (χ0v) is 17.3. The van der Waals surface area contributed by atoms with E-state index in [1.807, 2.05) is 36.4 Å². The molecule has 2 atom stereocenters. The van der Waals surface area contributed by atoms with Crippen LogP contribution in [0.25, 0.3) is 0 Å². The lowest BCUT2D eigenvalue weighted by atomic mass is 10.1. The van der Waals surface area contributed by atoms with Crippen LogP contribution in [0, 0.1) is 0 Å². The summed E-state index contributed by atoms with van der Waals surface area (Å²) in [4.78, 5) is 24.5. The molecule has 0 saturated carbocycles. The summed E-state index contributed by atoms with van der Waals surface area (Å²) >= 11 is 3.50. The number of ether oxygens (including phenoxy) is 1. The van der Waals surface area contributed by atoms with Gasteiger partial charge in [-0.1, -0.05) is 60.7 Å². The van der Waals surface area contributed by atoms with Gasteiger partial charge in [0.15, 0.2) is 6.10 Å². The van der Waals surface area contributed by atoms with Crippen LogP contribution in [0.5, 0.6) is 0 Å². The van der Waals surface area contributed by atoms with Gasteiger partial charge in [-0.05, 0) is 29.1 Å². The number of carbonyl (C=O) groups excluding carboxylic acids is 2. The molecule has 2 aromatic carbocycles. The lowest BCUT2D eigenvalue weighted by molar-refractivity contribution is -0.165. The highest BCUT2D eigenvalue weighted by atomic mass is 32.2. The Morgan fingerprint density at radius 1 is 0.786 bits per heavy atom. The molecule has 0 spiro atoms. The minimum Gasteiger partial charge on any atom is -0.451 e. The summed E-state index contributed by atoms with van der Waals surface area (Å²) in [5.41, 5.74) is 2.52. The third-order valence-electron chi connectivity index (χ3n) is 4.45. The number of nitrogens with one attached hydrogen (secondary N) is 1. The van der Waals surface area contributed by atoms with Crippen LogP contribution in [-0.2, 0) is 25.8 Å². The van der Waals surface area contributed by atoms with E-state index < -0.39 is 12.1 Å².